The number of hydrogen-bond acceptors (Lipinski definition) is 3. The van der Waals surface area contributed by atoms with Crippen molar-refractivity contribution in [2.75, 3.05) is 0 Å². The number of aliphatic hydroxyl groups excluding tert-OH is 1. The third-order valence-electron chi connectivity index (χ3n) is 4.86. The second kappa shape index (κ2) is 7.72. The molecule has 2 aromatic rings. The topological polar surface area (TPSA) is 67.2 Å². The minimum Gasteiger partial charge on any atom is -0.383 e. The Labute approximate surface area is 155 Å². The molecule has 2 atom stereocenters. The van der Waals surface area contributed by atoms with Crippen LogP contribution in [0.1, 0.15) is 35.7 Å². The Hall–Kier alpha value is -2.35. The van der Waals surface area contributed by atoms with Gasteiger partial charge in [-0.25, -0.2) is 0 Å². The number of hydrogen-bond donors (Lipinski definition) is 2. The zero-order chi connectivity index (χ0) is 19.6. The van der Waals surface area contributed by atoms with Crippen LogP contribution in [-0.4, -0.2) is 32.9 Å². The number of halogens is 3. The van der Waals surface area contributed by atoms with Crippen molar-refractivity contribution in [3.05, 3.63) is 52.8 Å². The number of aromatic nitrogens is 2. The van der Waals surface area contributed by atoms with Crippen molar-refractivity contribution in [3.8, 4) is 0 Å². The van der Waals surface area contributed by atoms with Gasteiger partial charge in [0.05, 0.1) is 11.8 Å². The number of rotatable bonds is 5. The largest absolute Gasteiger partial charge is 0.416 e. The van der Waals surface area contributed by atoms with Gasteiger partial charge in [0.2, 0.25) is 5.91 Å². The first-order chi connectivity index (χ1) is 12.8. The van der Waals surface area contributed by atoms with Gasteiger partial charge in [0.1, 0.15) is 6.10 Å². The van der Waals surface area contributed by atoms with Gasteiger partial charge < -0.3 is 10.4 Å². The summed E-state index contributed by atoms with van der Waals surface area (Å²) in [5.41, 5.74) is 1.73. The van der Waals surface area contributed by atoms with Gasteiger partial charge in [-0.1, -0.05) is 18.2 Å². The van der Waals surface area contributed by atoms with Crippen LogP contribution in [0.4, 0.5) is 13.2 Å². The van der Waals surface area contributed by atoms with Crippen LogP contribution >= 0.6 is 0 Å². The van der Waals surface area contributed by atoms with Gasteiger partial charge >= 0.3 is 6.18 Å². The molecule has 2 unspecified atom stereocenters. The second-order valence-electron chi connectivity index (χ2n) is 6.80. The molecular weight excluding hydrogens is 359 g/mol. The molecule has 1 aromatic carbocycles. The highest BCUT2D eigenvalue weighted by Gasteiger charge is 2.31. The zero-order valence-electron chi connectivity index (χ0n) is 15.0. The summed E-state index contributed by atoms with van der Waals surface area (Å²) in [6.07, 6.45) is -2.05. The maximum Gasteiger partial charge on any atom is 0.416 e. The molecule has 3 rings (SSSR count). The number of nitrogens with zero attached hydrogens (tertiary/aromatic N) is 2. The van der Waals surface area contributed by atoms with E-state index in [1.807, 2.05) is 11.6 Å². The van der Waals surface area contributed by atoms with Gasteiger partial charge in [0.25, 0.3) is 0 Å². The lowest BCUT2D eigenvalue weighted by Gasteiger charge is -2.25. The Morgan fingerprint density at radius 1 is 1.44 bits per heavy atom. The first kappa shape index (κ1) is 19.4. The molecule has 0 fully saturated rings. The Kier molecular flexibility index (Phi) is 5.55. The number of aliphatic hydroxyl groups is 1. The van der Waals surface area contributed by atoms with E-state index in [9.17, 15) is 23.1 Å². The van der Waals surface area contributed by atoms with E-state index in [0.29, 0.717) is 6.42 Å². The average Bonchev–Trinajstić information content (AvgIpc) is 3.03. The summed E-state index contributed by atoms with van der Waals surface area (Å²) in [4.78, 5) is 12.3. The molecule has 1 aromatic heterocycles. The van der Waals surface area contributed by atoms with Crippen LogP contribution in [0.5, 0.6) is 0 Å². The first-order valence-corrected chi connectivity index (χ1v) is 8.96. The van der Waals surface area contributed by atoms with Gasteiger partial charge in [-0.05, 0) is 43.4 Å². The van der Waals surface area contributed by atoms with E-state index in [1.54, 1.807) is 6.20 Å². The number of amides is 1. The van der Waals surface area contributed by atoms with E-state index in [2.05, 4.69) is 10.4 Å². The fourth-order valence-electron chi connectivity index (χ4n) is 3.47. The highest BCUT2D eigenvalue weighted by atomic mass is 19.4. The molecular formula is C19H22F3N3O2. The summed E-state index contributed by atoms with van der Waals surface area (Å²) in [7, 11) is 0. The van der Waals surface area contributed by atoms with Gasteiger partial charge in [0.15, 0.2) is 0 Å². The van der Waals surface area contributed by atoms with Crippen LogP contribution in [0, 0.1) is 0 Å². The molecule has 1 amide bonds. The SMILES string of the molecule is CCn1ncc2c1CCC(NC(=O)C(O)Cc1cccc(C(F)(F)F)c1)C2. The summed E-state index contributed by atoms with van der Waals surface area (Å²) < 4.78 is 40.3. The fourth-order valence-corrected chi connectivity index (χ4v) is 3.47. The number of aryl methyl sites for hydroxylation is 1. The van der Waals surface area contributed by atoms with Crippen molar-refractivity contribution < 1.29 is 23.1 Å². The molecule has 5 nitrogen and oxygen atoms in total. The lowest BCUT2D eigenvalue weighted by molar-refractivity contribution is -0.137. The maximum absolute atomic E-state index is 12.8. The van der Waals surface area contributed by atoms with E-state index < -0.39 is 23.8 Å². The van der Waals surface area contributed by atoms with Gasteiger partial charge in [-0.15, -0.1) is 0 Å². The Morgan fingerprint density at radius 3 is 2.93 bits per heavy atom. The van der Waals surface area contributed by atoms with E-state index in [-0.39, 0.29) is 18.0 Å². The number of fused-ring (bicyclic) bond motifs is 1. The molecule has 0 radical (unpaired) electrons. The predicted octanol–water partition coefficient (Wildman–Crippen LogP) is 2.50. The number of alkyl halides is 3. The molecule has 8 heteroatoms. The second-order valence-corrected chi connectivity index (χ2v) is 6.80. The van der Waals surface area contributed by atoms with Crippen LogP contribution in [0.15, 0.2) is 30.5 Å². The van der Waals surface area contributed by atoms with Crippen molar-refractivity contribution in [3.63, 3.8) is 0 Å². The quantitative estimate of drug-likeness (QED) is 0.836. The maximum atomic E-state index is 12.8. The van der Waals surface area contributed by atoms with Crippen molar-refractivity contribution in [1.29, 1.82) is 0 Å². The highest BCUT2D eigenvalue weighted by molar-refractivity contribution is 5.81. The molecule has 0 saturated carbocycles. The molecule has 0 spiro atoms. The lowest BCUT2D eigenvalue weighted by atomic mass is 9.93. The minimum atomic E-state index is -4.45. The summed E-state index contributed by atoms with van der Waals surface area (Å²) in [6.45, 7) is 2.81. The van der Waals surface area contributed by atoms with Crippen LogP contribution in [0.25, 0.3) is 0 Å². The van der Waals surface area contributed by atoms with E-state index >= 15 is 0 Å². The third-order valence-corrected chi connectivity index (χ3v) is 4.86. The van der Waals surface area contributed by atoms with Crippen LogP contribution < -0.4 is 5.32 Å². The van der Waals surface area contributed by atoms with Crippen molar-refractivity contribution in [2.45, 2.75) is 57.5 Å². The molecule has 0 aliphatic heterocycles. The Balaban J connectivity index is 1.58. The molecule has 27 heavy (non-hydrogen) atoms. The van der Waals surface area contributed by atoms with Crippen LogP contribution in [0.3, 0.4) is 0 Å². The smallest absolute Gasteiger partial charge is 0.383 e. The molecule has 146 valence electrons. The van der Waals surface area contributed by atoms with Crippen LogP contribution in [-0.2, 0) is 36.8 Å². The Bertz CT molecular complexity index is 817. The summed E-state index contributed by atoms with van der Waals surface area (Å²) in [5.74, 6) is -0.566. The number of carbonyl (C=O) groups is 1. The minimum absolute atomic E-state index is 0.115. The van der Waals surface area contributed by atoms with Gasteiger partial charge in [-0.3, -0.25) is 9.48 Å². The third kappa shape index (κ3) is 4.50. The molecule has 2 N–H and O–H groups in total. The summed E-state index contributed by atoms with van der Waals surface area (Å²) >= 11 is 0. The zero-order valence-corrected chi connectivity index (χ0v) is 15.0. The van der Waals surface area contributed by atoms with Crippen LogP contribution in [0.2, 0.25) is 0 Å². The van der Waals surface area contributed by atoms with Crippen molar-refractivity contribution in [2.24, 2.45) is 0 Å². The van der Waals surface area contributed by atoms with Gasteiger partial charge in [0, 0.05) is 24.7 Å². The molecule has 0 bridgehead atoms. The van der Waals surface area contributed by atoms with E-state index in [0.717, 1.165) is 37.1 Å². The fraction of sp³-hybridized carbons (Fsp3) is 0.474. The van der Waals surface area contributed by atoms with E-state index in [1.165, 1.54) is 17.8 Å². The molecule has 1 heterocycles. The Morgan fingerprint density at radius 2 is 2.22 bits per heavy atom. The lowest BCUT2D eigenvalue weighted by Crippen LogP contribution is -2.44. The predicted molar refractivity (Wildman–Crippen MR) is 93.0 cm³/mol. The monoisotopic (exact) mass is 381 g/mol. The standard InChI is InChI=1S/C19H22F3N3O2/c1-2-25-16-7-6-15(10-13(16)11-23-25)24-18(27)17(26)9-12-4-3-5-14(8-12)19(20,21)22/h3-5,8,11,15,17,26H,2,6-7,9-10H2,1H3,(H,24,27). The summed E-state index contributed by atoms with van der Waals surface area (Å²) in [6, 6.07) is 4.55. The van der Waals surface area contributed by atoms with Gasteiger partial charge in [-0.2, -0.15) is 18.3 Å². The molecule has 0 saturated heterocycles. The average molecular weight is 381 g/mol. The van der Waals surface area contributed by atoms with Crippen molar-refractivity contribution in [1.82, 2.24) is 15.1 Å². The van der Waals surface area contributed by atoms with E-state index in [4.69, 9.17) is 0 Å². The number of nitrogens with one attached hydrogen (secondary N) is 1. The summed E-state index contributed by atoms with van der Waals surface area (Å²) in [5, 5.41) is 17.2. The molecule has 1 aliphatic carbocycles. The molecule has 1 aliphatic rings. The van der Waals surface area contributed by atoms with Crippen molar-refractivity contribution >= 4 is 5.91 Å². The highest BCUT2D eigenvalue weighted by Crippen LogP contribution is 2.29. The number of benzene rings is 1. The number of carbonyl (C=O) groups excluding carboxylic acids is 1. The normalized spacial score (nSPS) is 18.0. The first-order valence-electron chi connectivity index (χ1n) is 8.96.